The molecular formula is C17H29NO. The van der Waals surface area contributed by atoms with Crippen LogP contribution in [0.4, 0.5) is 0 Å². The van der Waals surface area contributed by atoms with Crippen LogP contribution in [0, 0.1) is 6.92 Å². The van der Waals surface area contributed by atoms with Crippen molar-refractivity contribution in [3.8, 4) is 5.75 Å². The molecule has 0 aliphatic rings. The SMILES string of the molecule is CNCc1c(C)c(C(C)(C)C)cc(C(C)(C)C)c1O. The largest absolute Gasteiger partial charge is 0.507 e. The zero-order chi connectivity index (χ0) is 15.0. The second-order valence-electron chi connectivity index (χ2n) is 7.45. The standard InChI is InChI=1S/C17H29NO/c1-11-12(10-18-8)15(19)14(17(5,6)7)9-13(11)16(2,3)4/h9,18-19H,10H2,1-8H3. The van der Waals surface area contributed by atoms with E-state index in [1.54, 1.807) is 0 Å². The summed E-state index contributed by atoms with van der Waals surface area (Å²) in [5.41, 5.74) is 4.61. The summed E-state index contributed by atoms with van der Waals surface area (Å²) in [6, 6.07) is 2.18. The van der Waals surface area contributed by atoms with Gasteiger partial charge in [0, 0.05) is 12.1 Å². The maximum atomic E-state index is 10.6. The molecule has 0 unspecified atom stereocenters. The van der Waals surface area contributed by atoms with Gasteiger partial charge in [0.25, 0.3) is 0 Å². The van der Waals surface area contributed by atoms with Crippen LogP contribution in [0.5, 0.6) is 5.75 Å². The minimum Gasteiger partial charge on any atom is -0.507 e. The van der Waals surface area contributed by atoms with E-state index in [1.807, 2.05) is 7.05 Å². The van der Waals surface area contributed by atoms with E-state index >= 15 is 0 Å². The van der Waals surface area contributed by atoms with Gasteiger partial charge in [-0.25, -0.2) is 0 Å². The van der Waals surface area contributed by atoms with Crippen LogP contribution in [0.2, 0.25) is 0 Å². The molecule has 1 aromatic carbocycles. The number of phenols is 1. The van der Waals surface area contributed by atoms with E-state index in [2.05, 4.69) is 59.8 Å². The van der Waals surface area contributed by atoms with Crippen LogP contribution >= 0.6 is 0 Å². The van der Waals surface area contributed by atoms with Crippen molar-refractivity contribution < 1.29 is 5.11 Å². The number of phenolic OH excluding ortho intramolecular Hbond substituents is 1. The van der Waals surface area contributed by atoms with Gasteiger partial charge in [-0.3, -0.25) is 0 Å². The quantitative estimate of drug-likeness (QED) is 0.845. The number of hydrogen-bond acceptors (Lipinski definition) is 2. The fraction of sp³-hybridized carbons (Fsp3) is 0.647. The second-order valence-corrected chi connectivity index (χ2v) is 7.45. The first-order valence-corrected chi connectivity index (χ1v) is 7.01. The summed E-state index contributed by atoms with van der Waals surface area (Å²) in [7, 11) is 1.92. The molecule has 0 saturated carbocycles. The molecule has 0 aliphatic carbocycles. The molecule has 0 aliphatic heterocycles. The lowest BCUT2D eigenvalue weighted by atomic mass is 9.76. The van der Waals surface area contributed by atoms with Crippen molar-refractivity contribution in [1.29, 1.82) is 0 Å². The third kappa shape index (κ3) is 3.30. The summed E-state index contributed by atoms with van der Waals surface area (Å²) in [5, 5.41) is 13.7. The summed E-state index contributed by atoms with van der Waals surface area (Å²) in [5.74, 6) is 0.451. The van der Waals surface area contributed by atoms with Crippen molar-refractivity contribution in [3.05, 3.63) is 28.3 Å². The minimum atomic E-state index is -0.0553. The Morgan fingerprint density at radius 3 is 1.84 bits per heavy atom. The van der Waals surface area contributed by atoms with E-state index in [1.165, 1.54) is 11.1 Å². The van der Waals surface area contributed by atoms with Gasteiger partial charge >= 0.3 is 0 Å². The van der Waals surface area contributed by atoms with Gasteiger partial charge in [-0.15, -0.1) is 0 Å². The van der Waals surface area contributed by atoms with Gasteiger partial charge in [0.15, 0.2) is 0 Å². The molecule has 0 spiro atoms. The average Bonchev–Trinajstić information content (AvgIpc) is 2.20. The van der Waals surface area contributed by atoms with Crippen molar-refractivity contribution in [2.45, 2.75) is 65.8 Å². The molecule has 19 heavy (non-hydrogen) atoms. The molecule has 108 valence electrons. The predicted molar refractivity (Wildman–Crippen MR) is 83.0 cm³/mol. The Bertz CT molecular complexity index is 423. The fourth-order valence-electron chi connectivity index (χ4n) is 2.57. The Hall–Kier alpha value is -1.02. The third-order valence-electron chi connectivity index (χ3n) is 3.66. The summed E-state index contributed by atoms with van der Waals surface area (Å²) >= 11 is 0. The van der Waals surface area contributed by atoms with Crippen LogP contribution in [-0.2, 0) is 17.4 Å². The number of aromatic hydroxyl groups is 1. The molecular weight excluding hydrogens is 234 g/mol. The lowest BCUT2D eigenvalue weighted by Crippen LogP contribution is -2.21. The van der Waals surface area contributed by atoms with Gasteiger partial charge < -0.3 is 10.4 Å². The van der Waals surface area contributed by atoms with Crippen molar-refractivity contribution in [2.24, 2.45) is 0 Å². The maximum Gasteiger partial charge on any atom is 0.124 e. The smallest absolute Gasteiger partial charge is 0.124 e. The normalized spacial score (nSPS) is 12.8. The Morgan fingerprint density at radius 1 is 1.00 bits per heavy atom. The minimum absolute atomic E-state index is 0.0553. The van der Waals surface area contributed by atoms with Crippen LogP contribution in [0.1, 0.15) is 63.8 Å². The summed E-state index contributed by atoms with van der Waals surface area (Å²) in [6.07, 6.45) is 0. The highest BCUT2D eigenvalue weighted by Crippen LogP contribution is 2.40. The Kier molecular flexibility index (Phi) is 4.36. The van der Waals surface area contributed by atoms with E-state index in [0.717, 1.165) is 11.1 Å². The van der Waals surface area contributed by atoms with Crippen molar-refractivity contribution in [1.82, 2.24) is 5.32 Å². The van der Waals surface area contributed by atoms with Crippen LogP contribution in [0.15, 0.2) is 6.07 Å². The van der Waals surface area contributed by atoms with E-state index in [4.69, 9.17) is 0 Å². The molecule has 0 atom stereocenters. The molecule has 2 N–H and O–H groups in total. The second kappa shape index (κ2) is 5.16. The number of rotatable bonds is 2. The van der Waals surface area contributed by atoms with Gasteiger partial charge in [0.05, 0.1) is 0 Å². The molecule has 2 nitrogen and oxygen atoms in total. The Balaban J connectivity index is 3.65. The Labute approximate surface area is 118 Å². The van der Waals surface area contributed by atoms with Crippen LogP contribution in [0.25, 0.3) is 0 Å². The molecule has 0 heterocycles. The lowest BCUT2D eigenvalue weighted by Gasteiger charge is -2.30. The number of benzene rings is 1. The number of nitrogens with one attached hydrogen (secondary N) is 1. The van der Waals surface area contributed by atoms with Crippen molar-refractivity contribution >= 4 is 0 Å². The molecule has 0 aromatic heterocycles. The highest BCUT2D eigenvalue weighted by atomic mass is 16.3. The van der Waals surface area contributed by atoms with Crippen LogP contribution in [0.3, 0.4) is 0 Å². The molecule has 1 aromatic rings. The fourth-order valence-corrected chi connectivity index (χ4v) is 2.57. The first kappa shape index (κ1) is 16.0. The van der Waals surface area contributed by atoms with Crippen LogP contribution in [-0.4, -0.2) is 12.2 Å². The monoisotopic (exact) mass is 263 g/mol. The molecule has 0 bridgehead atoms. The summed E-state index contributed by atoms with van der Waals surface area (Å²) in [6.45, 7) is 15.9. The van der Waals surface area contributed by atoms with Gasteiger partial charge in [0.1, 0.15) is 5.75 Å². The van der Waals surface area contributed by atoms with Crippen molar-refractivity contribution in [3.63, 3.8) is 0 Å². The zero-order valence-electron chi connectivity index (χ0n) is 13.7. The molecule has 0 amide bonds. The molecule has 0 radical (unpaired) electrons. The van der Waals surface area contributed by atoms with E-state index in [-0.39, 0.29) is 10.8 Å². The van der Waals surface area contributed by atoms with Crippen LogP contribution < -0.4 is 5.32 Å². The van der Waals surface area contributed by atoms with E-state index in [0.29, 0.717) is 12.3 Å². The molecule has 0 fully saturated rings. The van der Waals surface area contributed by atoms with Crippen molar-refractivity contribution in [2.75, 3.05) is 7.05 Å². The van der Waals surface area contributed by atoms with Gasteiger partial charge in [0.2, 0.25) is 0 Å². The summed E-state index contributed by atoms with van der Waals surface area (Å²) < 4.78 is 0. The Morgan fingerprint density at radius 2 is 1.47 bits per heavy atom. The van der Waals surface area contributed by atoms with E-state index in [9.17, 15) is 5.11 Å². The van der Waals surface area contributed by atoms with Gasteiger partial charge in [-0.05, 0) is 41.5 Å². The van der Waals surface area contributed by atoms with Gasteiger partial charge in [-0.1, -0.05) is 47.6 Å². The van der Waals surface area contributed by atoms with Gasteiger partial charge in [-0.2, -0.15) is 0 Å². The summed E-state index contributed by atoms with van der Waals surface area (Å²) in [4.78, 5) is 0. The zero-order valence-corrected chi connectivity index (χ0v) is 13.7. The molecule has 0 saturated heterocycles. The third-order valence-corrected chi connectivity index (χ3v) is 3.66. The first-order chi connectivity index (χ1) is 8.50. The highest BCUT2D eigenvalue weighted by Gasteiger charge is 2.27. The highest BCUT2D eigenvalue weighted by molar-refractivity contribution is 5.53. The maximum absolute atomic E-state index is 10.6. The first-order valence-electron chi connectivity index (χ1n) is 7.01. The predicted octanol–water partition coefficient (Wildman–Crippen LogP) is 4.02. The average molecular weight is 263 g/mol. The molecule has 1 rings (SSSR count). The number of hydrogen-bond donors (Lipinski definition) is 2. The van der Waals surface area contributed by atoms with E-state index < -0.39 is 0 Å². The lowest BCUT2D eigenvalue weighted by molar-refractivity contribution is 0.435. The molecule has 2 heteroatoms. The topological polar surface area (TPSA) is 32.3 Å².